The highest BCUT2D eigenvalue weighted by molar-refractivity contribution is 5.92. The van der Waals surface area contributed by atoms with Crippen molar-refractivity contribution in [3.05, 3.63) is 59.8 Å². The Balaban J connectivity index is 1.57. The van der Waals surface area contributed by atoms with Crippen LogP contribution in [0.2, 0.25) is 0 Å². The predicted octanol–water partition coefficient (Wildman–Crippen LogP) is 2.98. The van der Waals surface area contributed by atoms with Crippen molar-refractivity contribution >= 4 is 5.91 Å². The fourth-order valence-electron chi connectivity index (χ4n) is 2.85. The first-order valence-electron chi connectivity index (χ1n) is 8.57. The number of carbonyl (C=O) groups is 1. The van der Waals surface area contributed by atoms with Gasteiger partial charge in [0.05, 0.1) is 12.2 Å². The van der Waals surface area contributed by atoms with Crippen LogP contribution >= 0.6 is 0 Å². The molecule has 132 valence electrons. The van der Waals surface area contributed by atoms with Gasteiger partial charge >= 0.3 is 0 Å². The van der Waals surface area contributed by atoms with Gasteiger partial charge in [0.15, 0.2) is 5.69 Å². The standard InChI is InChI=1S/C19H19N5O2/c1-12-21-10-15(13-5-7-20-8-6-13)17(22-12)11-24(2)19(25)16-9-18(26-23-16)14-3-4-14/h5-10,14H,3-4,11H2,1-2H3. The molecule has 3 aromatic heterocycles. The minimum Gasteiger partial charge on any atom is -0.360 e. The first-order chi connectivity index (χ1) is 12.6. The summed E-state index contributed by atoms with van der Waals surface area (Å²) < 4.78 is 5.29. The Bertz CT molecular complexity index is 934. The topological polar surface area (TPSA) is 85.0 Å². The molecular formula is C19H19N5O2. The maximum atomic E-state index is 12.7. The van der Waals surface area contributed by atoms with Crippen LogP contribution in [0.5, 0.6) is 0 Å². The summed E-state index contributed by atoms with van der Waals surface area (Å²) in [6.07, 6.45) is 7.44. The van der Waals surface area contributed by atoms with Gasteiger partial charge in [0.2, 0.25) is 0 Å². The highest BCUT2D eigenvalue weighted by atomic mass is 16.5. The zero-order chi connectivity index (χ0) is 18.1. The minimum absolute atomic E-state index is 0.183. The van der Waals surface area contributed by atoms with Gasteiger partial charge in [-0.05, 0) is 37.5 Å². The average Bonchev–Trinajstić information content (AvgIpc) is 3.39. The molecular weight excluding hydrogens is 330 g/mol. The predicted molar refractivity (Wildman–Crippen MR) is 94.3 cm³/mol. The second-order valence-electron chi connectivity index (χ2n) is 6.56. The van der Waals surface area contributed by atoms with Gasteiger partial charge in [-0.3, -0.25) is 9.78 Å². The molecule has 1 saturated carbocycles. The van der Waals surface area contributed by atoms with E-state index in [9.17, 15) is 4.79 Å². The average molecular weight is 349 g/mol. The molecule has 26 heavy (non-hydrogen) atoms. The third kappa shape index (κ3) is 3.33. The van der Waals surface area contributed by atoms with Crippen LogP contribution in [0.3, 0.4) is 0 Å². The lowest BCUT2D eigenvalue weighted by atomic mass is 10.1. The summed E-state index contributed by atoms with van der Waals surface area (Å²) in [5, 5.41) is 3.93. The Kier molecular flexibility index (Phi) is 4.20. The first kappa shape index (κ1) is 16.4. The molecule has 0 unspecified atom stereocenters. The minimum atomic E-state index is -0.183. The number of aryl methyl sites for hydroxylation is 1. The third-order valence-corrected chi connectivity index (χ3v) is 4.44. The number of nitrogens with zero attached hydrogens (tertiary/aromatic N) is 5. The summed E-state index contributed by atoms with van der Waals surface area (Å²) >= 11 is 0. The molecule has 1 aliphatic rings. The van der Waals surface area contributed by atoms with E-state index in [4.69, 9.17) is 4.52 Å². The van der Waals surface area contributed by atoms with Crippen LogP contribution in [0, 0.1) is 6.92 Å². The molecule has 0 aliphatic heterocycles. The molecule has 4 rings (SSSR count). The van der Waals surface area contributed by atoms with Crippen LogP contribution in [0.25, 0.3) is 11.1 Å². The number of carbonyl (C=O) groups excluding carboxylic acids is 1. The van der Waals surface area contributed by atoms with Gasteiger partial charge in [0.25, 0.3) is 5.91 Å². The van der Waals surface area contributed by atoms with Crippen LogP contribution < -0.4 is 0 Å². The quantitative estimate of drug-likeness (QED) is 0.704. The second kappa shape index (κ2) is 6.67. The largest absolute Gasteiger partial charge is 0.360 e. The van der Waals surface area contributed by atoms with E-state index in [0.717, 1.165) is 35.4 Å². The summed E-state index contributed by atoms with van der Waals surface area (Å²) in [5.41, 5.74) is 2.97. The molecule has 0 saturated heterocycles. The summed E-state index contributed by atoms with van der Waals surface area (Å²) in [6.45, 7) is 2.19. The number of rotatable bonds is 5. The summed E-state index contributed by atoms with van der Waals surface area (Å²) in [6, 6.07) is 5.56. The zero-order valence-corrected chi connectivity index (χ0v) is 14.7. The lowest BCUT2D eigenvalue weighted by Gasteiger charge is -2.17. The van der Waals surface area contributed by atoms with E-state index < -0.39 is 0 Å². The van der Waals surface area contributed by atoms with E-state index in [1.807, 2.05) is 19.1 Å². The monoisotopic (exact) mass is 349 g/mol. The molecule has 1 aliphatic carbocycles. The van der Waals surface area contributed by atoms with E-state index in [1.54, 1.807) is 36.6 Å². The molecule has 7 heteroatoms. The van der Waals surface area contributed by atoms with E-state index in [-0.39, 0.29) is 5.91 Å². The van der Waals surface area contributed by atoms with Crippen molar-refractivity contribution in [2.45, 2.75) is 32.2 Å². The maximum Gasteiger partial charge on any atom is 0.276 e. The Morgan fingerprint density at radius 3 is 2.81 bits per heavy atom. The van der Waals surface area contributed by atoms with Crippen LogP contribution in [0.4, 0.5) is 0 Å². The molecule has 0 spiro atoms. The fraction of sp³-hybridized carbons (Fsp3) is 0.316. The molecule has 1 amide bonds. The highest BCUT2D eigenvalue weighted by Crippen LogP contribution is 2.40. The van der Waals surface area contributed by atoms with Gasteiger partial charge in [0.1, 0.15) is 11.6 Å². The highest BCUT2D eigenvalue weighted by Gasteiger charge is 2.29. The Labute approximate surface area is 151 Å². The van der Waals surface area contributed by atoms with Crippen LogP contribution in [0.1, 0.15) is 46.5 Å². The number of pyridine rings is 1. The molecule has 0 atom stereocenters. The third-order valence-electron chi connectivity index (χ3n) is 4.44. The van der Waals surface area contributed by atoms with Gasteiger partial charge < -0.3 is 9.42 Å². The van der Waals surface area contributed by atoms with Gasteiger partial charge in [-0.2, -0.15) is 0 Å². The smallest absolute Gasteiger partial charge is 0.276 e. The number of hydrogen-bond acceptors (Lipinski definition) is 6. The van der Waals surface area contributed by atoms with E-state index in [2.05, 4.69) is 20.1 Å². The normalized spacial score (nSPS) is 13.6. The Hall–Kier alpha value is -3.09. The van der Waals surface area contributed by atoms with Crippen molar-refractivity contribution in [2.24, 2.45) is 0 Å². The molecule has 3 heterocycles. The number of aromatic nitrogens is 4. The first-order valence-corrected chi connectivity index (χ1v) is 8.57. The molecule has 1 fully saturated rings. The molecule has 0 radical (unpaired) electrons. The summed E-state index contributed by atoms with van der Waals surface area (Å²) in [4.78, 5) is 27.2. The van der Waals surface area contributed by atoms with E-state index in [1.165, 1.54) is 0 Å². The van der Waals surface area contributed by atoms with E-state index in [0.29, 0.717) is 24.0 Å². The Morgan fingerprint density at radius 2 is 2.08 bits per heavy atom. The Morgan fingerprint density at radius 1 is 1.31 bits per heavy atom. The molecule has 3 aromatic rings. The van der Waals surface area contributed by atoms with Crippen LogP contribution in [-0.2, 0) is 6.54 Å². The maximum absolute atomic E-state index is 12.7. The van der Waals surface area contributed by atoms with Crippen molar-refractivity contribution in [3.63, 3.8) is 0 Å². The van der Waals surface area contributed by atoms with Gasteiger partial charge in [-0.25, -0.2) is 9.97 Å². The number of hydrogen-bond donors (Lipinski definition) is 0. The van der Waals surface area contributed by atoms with E-state index >= 15 is 0 Å². The van der Waals surface area contributed by atoms with Crippen molar-refractivity contribution in [1.82, 2.24) is 25.0 Å². The van der Waals surface area contributed by atoms with Gasteiger partial charge in [-0.15, -0.1) is 0 Å². The molecule has 0 N–H and O–H groups in total. The molecule has 7 nitrogen and oxygen atoms in total. The van der Waals surface area contributed by atoms with Crippen molar-refractivity contribution in [3.8, 4) is 11.1 Å². The summed E-state index contributed by atoms with van der Waals surface area (Å²) in [5.74, 6) is 1.71. The zero-order valence-electron chi connectivity index (χ0n) is 14.7. The molecule has 0 aromatic carbocycles. The van der Waals surface area contributed by atoms with Crippen molar-refractivity contribution in [1.29, 1.82) is 0 Å². The number of amides is 1. The van der Waals surface area contributed by atoms with Gasteiger partial charge in [0, 0.05) is 43.2 Å². The van der Waals surface area contributed by atoms with Gasteiger partial charge in [-0.1, -0.05) is 5.16 Å². The SMILES string of the molecule is Cc1ncc(-c2ccncc2)c(CN(C)C(=O)c2cc(C3CC3)on2)n1. The van der Waals surface area contributed by atoms with Crippen molar-refractivity contribution < 1.29 is 9.32 Å². The molecule has 0 bridgehead atoms. The van der Waals surface area contributed by atoms with Crippen LogP contribution in [0.15, 0.2) is 41.3 Å². The van der Waals surface area contributed by atoms with Crippen LogP contribution in [-0.4, -0.2) is 38.0 Å². The van der Waals surface area contributed by atoms with Crippen molar-refractivity contribution in [2.75, 3.05) is 7.05 Å². The lowest BCUT2D eigenvalue weighted by molar-refractivity contribution is 0.0773. The summed E-state index contributed by atoms with van der Waals surface area (Å²) in [7, 11) is 1.74. The fourth-order valence-corrected chi connectivity index (χ4v) is 2.85. The lowest BCUT2D eigenvalue weighted by Crippen LogP contribution is -2.27. The second-order valence-corrected chi connectivity index (χ2v) is 6.56.